The van der Waals surface area contributed by atoms with Crippen molar-refractivity contribution in [1.82, 2.24) is 4.90 Å². The van der Waals surface area contributed by atoms with Crippen molar-refractivity contribution >= 4 is 41.0 Å². The molecule has 1 N–H and O–H groups in total. The van der Waals surface area contributed by atoms with Gasteiger partial charge in [0.05, 0.1) is 27.4 Å². The van der Waals surface area contributed by atoms with Crippen molar-refractivity contribution in [3.63, 3.8) is 0 Å². The van der Waals surface area contributed by atoms with Gasteiger partial charge in [0.1, 0.15) is 6.54 Å². The number of rotatable bonds is 6. The van der Waals surface area contributed by atoms with Crippen molar-refractivity contribution in [3.05, 3.63) is 100 Å². The summed E-state index contributed by atoms with van der Waals surface area (Å²) in [6, 6.07) is 16.1. The minimum Gasteiger partial charge on any atom is -0.446 e. The topological polar surface area (TPSA) is 92.8 Å². The van der Waals surface area contributed by atoms with Crippen LogP contribution in [-0.2, 0) is 20.5 Å². The van der Waals surface area contributed by atoms with Crippen LogP contribution < -0.4 is 5.32 Å². The number of ether oxygens (including phenoxy) is 1. The first-order valence-corrected chi connectivity index (χ1v) is 10.8. The lowest BCUT2D eigenvalue weighted by Crippen LogP contribution is -2.37. The summed E-state index contributed by atoms with van der Waals surface area (Å²) in [5, 5.41) is 2.09. The number of hydrogen-bond acceptors (Lipinski definition) is 5. The molecule has 4 rings (SSSR count). The van der Waals surface area contributed by atoms with Crippen LogP contribution in [0.2, 0.25) is 5.02 Å². The minimum absolute atomic E-state index is 0.131. The van der Waals surface area contributed by atoms with Crippen LogP contribution in [0.15, 0.2) is 72.8 Å². The fourth-order valence-electron chi connectivity index (χ4n) is 3.58. The van der Waals surface area contributed by atoms with Gasteiger partial charge in [-0.3, -0.25) is 24.1 Å². The molecule has 0 unspecified atom stereocenters. The normalized spacial score (nSPS) is 13.8. The monoisotopic (exact) mass is 516 g/mol. The molecule has 0 bridgehead atoms. The molecule has 0 saturated heterocycles. The number of carbonyl (C=O) groups excluding carboxylic acids is 4. The fourth-order valence-corrected chi connectivity index (χ4v) is 3.74. The van der Waals surface area contributed by atoms with E-state index in [4.69, 9.17) is 16.3 Å². The van der Waals surface area contributed by atoms with Gasteiger partial charge in [-0.1, -0.05) is 54.1 Å². The summed E-state index contributed by atoms with van der Waals surface area (Å²) >= 11 is 5.97. The lowest BCUT2D eigenvalue weighted by atomic mass is 10.1. The SMILES string of the molecule is O=C(CN1C(=O)c2ccccc2C1=O)O[C@H](C(=O)Nc1cc(C(F)(F)F)ccc1Cl)c1ccccc1. The molecule has 0 spiro atoms. The molecule has 3 aromatic carbocycles. The molecule has 0 radical (unpaired) electrons. The van der Waals surface area contributed by atoms with Crippen molar-refractivity contribution in [2.75, 3.05) is 11.9 Å². The van der Waals surface area contributed by atoms with Gasteiger partial charge in [-0.2, -0.15) is 13.2 Å². The number of imide groups is 1. The summed E-state index contributed by atoms with van der Waals surface area (Å²) in [7, 11) is 0. The van der Waals surface area contributed by atoms with Gasteiger partial charge < -0.3 is 10.1 Å². The Morgan fingerprint density at radius 1 is 0.917 bits per heavy atom. The Kier molecular flexibility index (Phi) is 6.80. The molecule has 3 amide bonds. The predicted octanol–water partition coefficient (Wildman–Crippen LogP) is 4.88. The summed E-state index contributed by atoms with van der Waals surface area (Å²) in [5.41, 5.74) is -0.914. The quantitative estimate of drug-likeness (QED) is 0.372. The van der Waals surface area contributed by atoms with E-state index in [1.807, 2.05) is 0 Å². The van der Waals surface area contributed by atoms with E-state index in [1.54, 1.807) is 30.3 Å². The molecule has 0 aliphatic carbocycles. The molecule has 7 nitrogen and oxygen atoms in total. The van der Waals surface area contributed by atoms with E-state index in [0.29, 0.717) is 11.0 Å². The summed E-state index contributed by atoms with van der Waals surface area (Å²) in [5.74, 6) is -3.45. The Bertz CT molecular complexity index is 1330. The largest absolute Gasteiger partial charge is 0.446 e. The third kappa shape index (κ3) is 5.08. The second kappa shape index (κ2) is 9.82. The number of esters is 1. The number of nitrogens with zero attached hydrogens (tertiary/aromatic N) is 1. The number of nitrogens with one attached hydrogen (secondary N) is 1. The highest BCUT2D eigenvalue weighted by atomic mass is 35.5. The number of halogens is 4. The third-order valence-corrected chi connectivity index (χ3v) is 5.64. The van der Waals surface area contributed by atoms with Crippen molar-refractivity contribution in [1.29, 1.82) is 0 Å². The average molecular weight is 517 g/mol. The average Bonchev–Trinajstić information content (AvgIpc) is 3.08. The van der Waals surface area contributed by atoms with Crippen molar-refractivity contribution in [3.8, 4) is 0 Å². The van der Waals surface area contributed by atoms with E-state index in [9.17, 15) is 32.3 Å². The first kappa shape index (κ1) is 24.9. The molecule has 1 heterocycles. The van der Waals surface area contributed by atoms with Crippen molar-refractivity contribution in [2.45, 2.75) is 12.3 Å². The molecule has 1 aliphatic rings. The number of amides is 3. The fraction of sp³-hybridized carbons (Fsp3) is 0.120. The molecule has 36 heavy (non-hydrogen) atoms. The van der Waals surface area contributed by atoms with Gasteiger partial charge in [0.2, 0.25) is 6.10 Å². The molecule has 11 heteroatoms. The molecule has 0 fully saturated rings. The summed E-state index contributed by atoms with van der Waals surface area (Å²) < 4.78 is 44.6. The number of benzene rings is 3. The minimum atomic E-state index is -4.68. The Morgan fingerprint density at radius 2 is 1.50 bits per heavy atom. The van der Waals surface area contributed by atoms with Crippen LogP contribution >= 0.6 is 11.6 Å². The highest BCUT2D eigenvalue weighted by Crippen LogP contribution is 2.34. The van der Waals surface area contributed by atoms with E-state index in [0.717, 1.165) is 12.1 Å². The van der Waals surface area contributed by atoms with E-state index in [2.05, 4.69) is 5.32 Å². The lowest BCUT2D eigenvalue weighted by Gasteiger charge is -2.20. The standard InChI is InChI=1S/C25H16ClF3N2O5/c26-18-11-10-15(25(27,28)29)12-19(18)30-22(33)21(14-6-2-1-3-7-14)36-20(32)13-31-23(34)16-8-4-5-9-17(16)24(31)35/h1-12,21H,13H2,(H,30,33)/t21-/m0/s1. The third-order valence-electron chi connectivity index (χ3n) is 5.31. The number of hydrogen-bond donors (Lipinski definition) is 1. The maximum absolute atomic E-state index is 13.1. The second-order valence-corrected chi connectivity index (χ2v) is 8.11. The van der Waals surface area contributed by atoms with Crippen LogP contribution in [0.5, 0.6) is 0 Å². The summed E-state index contributed by atoms with van der Waals surface area (Å²) in [4.78, 5) is 51.5. The van der Waals surface area contributed by atoms with E-state index < -0.39 is 48.1 Å². The first-order valence-electron chi connectivity index (χ1n) is 10.4. The summed E-state index contributed by atoms with van der Waals surface area (Å²) in [6.45, 7) is -0.771. The molecule has 3 aromatic rings. The number of anilines is 1. The molecular weight excluding hydrogens is 501 g/mol. The van der Waals surface area contributed by atoms with Gasteiger partial charge in [0.15, 0.2) is 0 Å². The maximum Gasteiger partial charge on any atom is 0.416 e. The van der Waals surface area contributed by atoms with Gasteiger partial charge in [0, 0.05) is 5.56 Å². The van der Waals surface area contributed by atoms with Gasteiger partial charge in [0.25, 0.3) is 17.7 Å². The Labute approximate surface area is 207 Å². The Morgan fingerprint density at radius 3 is 2.08 bits per heavy atom. The van der Waals surface area contributed by atoms with Crippen LogP contribution in [0, 0.1) is 0 Å². The van der Waals surface area contributed by atoms with Gasteiger partial charge >= 0.3 is 12.1 Å². The van der Waals surface area contributed by atoms with E-state index in [1.165, 1.54) is 24.3 Å². The molecule has 0 aromatic heterocycles. The molecule has 0 saturated carbocycles. The number of carbonyl (C=O) groups is 4. The molecular formula is C25H16ClF3N2O5. The van der Waals surface area contributed by atoms with E-state index in [-0.39, 0.29) is 27.4 Å². The van der Waals surface area contributed by atoms with Crippen LogP contribution in [0.25, 0.3) is 0 Å². The molecule has 1 atom stereocenters. The van der Waals surface area contributed by atoms with Gasteiger partial charge in [-0.25, -0.2) is 0 Å². The zero-order chi connectivity index (χ0) is 26.0. The van der Waals surface area contributed by atoms with Gasteiger partial charge in [-0.05, 0) is 30.3 Å². The molecule has 1 aliphatic heterocycles. The maximum atomic E-state index is 13.1. The highest BCUT2D eigenvalue weighted by molar-refractivity contribution is 6.33. The second-order valence-electron chi connectivity index (χ2n) is 7.70. The Hall–Kier alpha value is -4.18. The molecule has 184 valence electrons. The number of fused-ring (bicyclic) bond motifs is 1. The van der Waals surface area contributed by atoms with Crippen LogP contribution in [0.3, 0.4) is 0 Å². The summed E-state index contributed by atoms with van der Waals surface area (Å²) in [6.07, 6.45) is -6.29. The van der Waals surface area contributed by atoms with Crippen molar-refractivity contribution < 1.29 is 37.1 Å². The predicted molar refractivity (Wildman–Crippen MR) is 122 cm³/mol. The van der Waals surface area contributed by atoms with Gasteiger partial charge in [-0.15, -0.1) is 0 Å². The van der Waals surface area contributed by atoms with Crippen LogP contribution in [-0.4, -0.2) is 35.1 Å². The van der Waals surface area contributed by atoms with Crippen LogP contribution in [0.4, 0.5) is 18.9 Å². The number of alkyl halides is 3. The van der Waals surface area contributed by atoms with E-state index >= 15 is 0 Å². The van der Waals surface area contributed by atoms with Crippen LogP contribution in [0.1, 0.15) is 37.9 Å². The zero-order valence-electron chi connectivity index (χ0n) is 18.2. The Balaban J connectivity index is 1.55. The highest BCUT2D eigenvalue weighted by Gasteiger charge is 2.38. The first-order chi connectivity index (χ1) is 17.1. The zero-order valence-corrected chi connectivity index (χ0v) is 19.0. The van der Waals surface area contributed by atoms with Crippen molar-refractivity contribution in [2.24, 2.45) is 0 Å². The smallest absolute Gasteiger partial charge is 0.416 e. The lowest BCUT2D eigenvalue weighted by molar-refractivity contribution is -0.154.